The van der Waals surface area contributed by atoms with Crippen molar-refractivity contribution in [3.05, 3.63) is 76.2 Å². The maximum atomic E-state index is 12.8. The molecule has 7 nitrogen and oxygen atoms in total. The van der Waals surface area contributed by atoms with Gasteiger partial charge in [0.2, 0.25) is 0 Å². The standard InChI is InChI=1S/C24H27N3O4/c1-4-26(15-18-10-6-5-7-11-18)21(28)16-31-24(30)22-19-12-8-9-13-20(19)23(29)27(25-22)14-17(2)3/h5-13,17H,4,14-16H2,1-3H3. The lowest BCUT2D eigenvalue weighted by molar-refractivity contribution is -0.134. The number of benzene rings is 2. The van der Waals surface area contributed by atoms with Crippen LogP contribution in [-0.4, -0.2) is 39.7 Å². The molecule has 0 saturated heterocycles. The summed E-state index contributed by atoms with van der Waals surface area (Å²) < 4.78 is 6.60. The van der Waals surface area contributed by atoms with Gasteiger partial charge in [0.1, 0.15) is 0 Å². The van der Waals surface area contributed by atoms with E-state index in [2.05, 4.69) is 5.10 Å². The van der Waals surface area contributed by atoms with Crippen molar-refractivity contribution in [3.8, 4) is 0 Å². The molecule has 0 aliphatic carbocycles. The van der Waals surface area contributed by atoms with Crippen LogP contribution in [0.15, 0.2) is 59.4 Å². The van der Waals surface area contributed by atoms with E-state index >= 15 is 0 Å². The first-order valence-electron chi connectivity index (χ1n) is 10.4. The van der Waals surface area contributed by atoms with Crippen molar-refractivity contribution >= 4 is 22.6 Å². The Morgan fingerprint density at radius 1 is 1.03 bits per heavy atom. The van der Waals surface area contributed by atoms with Gasteiger partial charge in [-0.1, -0.05) is 62.4 Å². The highest BCUT2D eigenvalue weighted by molar-refractivity contribution is 6.02. The van der Waals surface area contributed by atoms with Gasteiger partial charge in [0.25, 0.3) is 11.5 Å². The molecule has 7 heteroatoms. The third kappa shape index (κ3) is 5.36. The molecule has 0 spiro atoms. The van der Waals surface area contributed by atoms with Gasteiger partial charge in [-0.25, -0.2) is 9.48 Å². The van der Waals surface area contributed by atoms with Gasteiger partial charge in [-0.3, -0.25) is 9.59 Å². The molecule has 3 rings (SSSR count). The van der Waals surface area contributed by atoms with Crippen molar-refractivity contribution in [2.75, 3.05) is 13.2 Å². The van der Waals surface area contributed by atoms with E-state index in [0.717, 1.165) is 5.56 Å². The molecule has 0 fully saturated rings. The summed E-state index contributed by atoms with van der Waals surface area (Å²) in [6, 6.07) is 16.4. The van der Waals surface area contributed by atoms with E-state index < -0.39 is 12.6 Å². The molecule has 0 radical (unpaired) electrons. The van der Waals surface area contributed by atoms with Crippen molar-refractivity contribution in [1.29, 1.82) is 0 Å². The molecule has 0 atom stereocenters. The molecule has 0 bridgehead atoms. The lowest BCUT2D eigenvalue weighted by Crippen LogP contribution is -2.34. The average molecular weight is 421 g/mol. The largest absolute Gasteiger partial charge is 0.451 e. The van der Waals surface area contributed by atoms with E-state index in [-0.39, 0.29) is 23.1 Å². The Balaban J connectivity index is 1.79. The van der Waals surface area contributed by atoms with Gasteiger partial charge in [0.15, 0.2) is 12.3 Å². The summed E-state index contributed by atoms with van der Waals surface area (Å²) in [6.07, 6.45) is 0. The van der Waals surface area contributed by atoms with E-state index in [4.69, 9.17) is 4.74 Å². The lowest BCUT2D eigenvalue weighted by Gasteiger charge is -2.21. The topological polar surface area (TPSA) is 81.5 Å². The number of rotatable bonds is 8. The summed E-state index contributed by atoms with van der Waals surface area (Å²) in [4.78, 5) is 39.7. The van der Waals surface area contributed by atoms with Crippen LogP contribution in [-0.2, 0) is 22.6 Å². The zero-order chi connectivity index (χ0) is 22.4. The second-order valence-electron chi connectivity index (χ2n) is 7.74. The number of carbonyl (C=O) groups is 2. The van der Waals surface area contributed by atoms with Gasteiger partial charge in [0.05, 0.1) is 5.39 Å². The van der Waals surface area contributed by atoms with E-state index in [1.54, 1.807) is 29.2 Å². The zero-order valence-corrected chi connectivity index (χ0v) is 18.1. The second-order valence-corrected chi connectivity index (χ2v) is 7.74. The van der Waals surface area contributed by atoms with Gasteiger partial charge in [-0.2, -0.15) is 5.10 Å². The molecule has 0 N–H and O–H groups in total. The van der Waals surface area contributed by atoms with Gasteiger partial charge in [0, 0.05) is 25.0 Å². The molecule has 2 aromatic carbocycles. The van der Waals surface area contributed by atoms with Crippen molar-refractivity contribution < 1.29 is 14.3 Å². The predicted molar refractivity (Wildman–Crippen MR) is 119 cm³/mol. The minimum atomic E-state index is -0.724. The average Bonchev–Trinajstić information content (AvgIpc) is 2.78. The Kier molecular flexibility index (Phi) is 7.18. The Bertz CT molecular complexity index is 1120. The van der Waals surface area contributed by atoms with E-state index in [9.17, 15) is 14.4 Å². The summed E-state index contributed by atoms with van der Waals surface area (Å²) in [5.41, 5.74) is 0.782. The first-order chi connectivity index (χ1) is 14.9. The Morgan fingerprint density at radius 2 is 1.68 bits per heavy atom. The number of esters is 1. The fourth-order valence-electron chi connectivity index (χ4n) is 3.32. The summed E-state index contributed by atoms with van der Waals surface area (Å²) in [5, 5.41) is 5.07. The SMILES string of the molecule is CCN(Cc1ccccc1)C(=O)COC(=O)c1nn(CC(C)C)c(=O)c2ccccc12. The Hall–Kier alpha value is -3.48. The van der Waals surface area contributed by atoms with Crippen LogP contribution < -0.4 is 5.56 Å². The van der Waals surface area contributed by atoms with E-state index in [1.165, 1.54) is 4.68 Å². The number of hydrogen-bond donors (Lipinski definition) is 0. The first-order valence-corrected chi connectivity index (χ1v) is 10.4. The first kappa shape index (κ1) is 22.2. The second kappa shape index (κ2) is 10.0. The van der Waals surface area contributed by atoms with Gasteiger partial charge in [-0.05, 0) is 24.5 Å². The van der Waals surface area contributed by atoms with Crippen LogP contribution in [0.1, 0.15) is 36.8 Å². The van der Waals surface area contributed by atoms with Crippen LogP contribution in [0.25, 0.3) is 10.8 Å². The minimum Gasteiger partial charge on any atom is -0.451 e. The molecule has 0 saturated carbocycles. The predicted octanol–water partition coefficient (Wildman–Crippen LogP) is 3.26. The number of nitrogens with zero attached hydrogens (tertiary/aromatic N) is 3. The number of aromatic nitrogens is 2. The van der Waals surface area contributed by atoms with Crippen LogP contribution in [0.5, 0.6) is 0 Å². The van der Waals surface area contributed by atoms with E-state index in [1.807, 2.05) is 51.1 Å². The maximum absolute atomic E-state index is 12.8. The molecule has 0 aliphatic heterocycles. The highest BCUT2D eigenvalue weighted by atomic mass is 16.5. The Labute approximate surface area is 181 Å². The molecule has 31 heavy (non-hydrogen) atoms. The van der Waals surface area contributed by atoms with Crippen LogP contribution in [0.4, 0.5) is 0 Å². The molecular formula is C24H27N3O4. The molecule has 3 aromatic rings. The van der Waals surface area contributed by atoms with Crippen molar-refractivity contribution in [1.82, 2.24) is 14.7 Å². The van der Waals surface area contributed by atoms with Gasteiger partial charge < -0.3 is 9.64 Å². The van der Waals surface area contributed by atoms with Crippen LogP contribution in [0, 0.1) is 5.92 Å². The molecule has 162 valence electrons. The normalized spacial score (nSPS) is 11.0. The number of carbonyl (C=O) groups excluding carboxylic acids is 2. The highest BCUT2D eigenvalue weighted by Crippen LogP contribution is 2.15. The molecule has 1 heterocycles. The van der Waals surface area contributed by atoms with Crippen LogP contribution >= 0.6 is 0 Å². The molecule has 1 amide bonds. The third-order valence-electron chi connectivity index (χ3n) is 4.88. The number of amides is 1. The fourth-order valence-corrected chi connectivity index (χ4v) is 3.32. The van der Waals surface area contributed by atoms with E-state index in [0.29, 0.717) is 30.4 Å². The summed E-state index contributed by atoms with van der Waals surface area (Å²) in [7, 11) is 0. The number of hydrogen-bond acceptors (Lipinski definition) is 5. The van der Waals surface area contributed by atoms with Gasteiger partial charge >= 0.3 is 5.97 Å². The zero-order valence-electron chi connectivity index (χ0n) is 18.1. The fraction of sp³-hybridized carbons (Fsp3) is 0.333. The summed E-state index contributed by atoms with van der Waals surface area (Å²) in [6.45, 7) is 6.72. The lowest BCUT2D eigenvalue weighted by atomic mass is 10.1. The maximum Gasteiger partial charge on any atom is 0.359 e. The number of fused-ring (bicyclic) bond motifs is 1. The molecule has 0 unspecified atom stereocenters. The summed E-state index contributed by atoms with van der Waals surface area (Å²) >= 11 is 0. The monoisotopic (exact) mass is 421 g/mol. The van der Waals surface area contributed by atoms with Crippen molar-refractivity contribution in [2.24, 2.45) is 5.92 Å². The van der Waals surface area contributed by atoms with Crippen LogP contribution in [0.3, 0.4) is 0 Å². The number of likely N-dealkylation sites (N-methyl/N-ethyl adjacent to an activating group) is 1. The third-order valence-corrected chi connectivity index (χ3v) is 4.88. The molecule has 1 aromatic heterocycles. The molecular weight excluding hydrogens is 394 g/mol. The smallest absolute Gasteiger partial charge is 0.359 e. The highest BCUT2D eigenvalue weighted by Gasteiger charge is 2.21. The minimum absolute atomic E-state index is 0.0368. The van der Waals surface area contributed by atoms with Gasteiger partial charge in [-0.15, -0.1) is 0 Å². The van der Waals surface area contributed by atoms with Crippen molar-refractivity contribution in [2.45, 2.75) is 33.9 Å². The summed E-state index contributed by atoms with van der Waals surface area (Å²) in [5.74, 6) is -0.842. The number of ether oxygens (including phenoxy) is 1. The van der Waals surface area contributed by atoms with Crippen molar-refractivity contribution in [3.63, 3.8) is 0 Å². The Morgan fingerprint density at radius 3 is 2.32 bits per heavy atom. The quantitative estimate of drug-likeness (QED) is 0.522. The molecule has 0 aliphatic rings. The van der Waals surface area contributed by atoms with Crippen LogP contribution in [0.2, 0.25) is 0 Å².